The lowest BCUT2D eigenvalue weighted by Gasteiger charge is -2.24. The average Bonchev–Trinajstić information content (AvgIpc) is 2.76. The van der Waals surface area contributed by atoms with E-state index in [2.05, 4.69) is 29.8 Å². The summed E-state index contributed by atoms with van der Waals surface area (Å²) in [7, 11) is 0. The third-order valence-electron chi connectivity index (χ3n) is 4.98. The van der Waals surface area contributed by atoms with Crippen LogP contribution in [0.2, 0.25) is 0 Å². The topological polar surface area (TPSA) is 162 Å². The number of benzene rings is 1. The van der Waals surface area contributed by atoms with E-state index < -0.39 is 48.2 Å². The van der Waals surface area contributed by atoms with Crippen LogP contribution in [0.4, 0.5) is 0 Å². The number of carboxylic acids is 2. The van der Waals surface area contributed by atoms with E-state index in [1.54, 1.807) is 19.9 Å². The maximum atomic E-state index is 12.5. The van der Waals surface area contributed by atoms with Gasteiger partial charge in [0.15, 0.2) is 0 Å². The summed E-state index contributed by atoms with van der Waals surface area (Å²) in [5.74, 6) is -4.42. The Balaban J connectivity index is 2.61. The van der Waals surface area contributed by atoms with Crippen LogP contribution in [0.15, 0.2) is 30.3 Å². The summed E-state index contributed by atoms with van der Waals surface area (Å²) in [4.78, 5) is 58.8. The van der Waals surface area contributed by atoms with E-state index in [4.69, 9.17) is 5.11 Å². The SMILES string of the molecule is CC(C)c1ccc(/C=C/C(=O)NCC(=O)NC(C(=O)NC(CCC(=O)O)C(=O)O)C(C)C)cc1. The summed E-state index contributed by atoms with van der Waals surface area (Å²) in [5, 5.41) is 25.1. The van der Waals surface area contributed by atoms with Crippen LogP contribution in [0, 0.1) is 5.92 Å². The Kier molecular flexibility index (Phi) is 11.5. The molecule has 1 aromatic carbocycles. The van der Waals surface area contributed by atoms with Gasteiger partial charge in [0.25, 0.3) is 0 Å². The fourth-order valence-corrected chi connectivity index (χ4v) is 2.94. The van der Waals surface area contributed by atoms with Crippen LogP contribution in [-0.2, 0) is 24.0 Å². The molecule has 2 unspecified atom stereocenters. The van der Waals surface area contributed by atoms with Crippen LogP contribution in [0.1, 0.15) is 57.6 Å². The molecule has 0 aliphatic rings. The zero-order valence-electron chi connectivity index (χ0n) is 19.8. The second-order valence-electron chi connectivity index (χ2n) is 8.49. The van der Waals surface area contributed by atoms with E-state index in [0.717, 1.165) is 5.56 Å². The number of hydrogen-bond acceptors (Lipinski definition) is 5. The Hall–Kier alpha value is -3.69. The van der Waals surface area contributed by atoms with Gasteiger partial charge in [-0.2, -0.15) is 0 Å². The molecule has 34 heavy (non-hydrogen) atoms. The molecule has 0 heterocycles. The summed E-state index contributed by atoms with van der Waals surface area (Å²) < 4.78 is 0. The van der Waals surface area contributed by atoms with Gasteiger partial charge in [0.05, 0.1) is 6.54 Å². The number of carboxylic acid groups (broad SMARTS) is 2. The lowest BCUT2D eigenvalue weighted by atomic mass is 10.0. The summed E-state index contributed by atoms with van der Waals surface area (Å²) in [6.45, 7) is 7.10. The van der Waals surface area contributed by atoms with Gasteiger partial charge in [0.2, 0.25) is 17.7 Å². The van der Waals surface area contributed by atoms with E-state index in [0.29, 0.717) is 5.92 Å². The lowest BCUT2D eigenvalue weighted by molar-refractivity contribution is -0.143. The van der Waals surface area contributed by atoms with Crippen LogP contribution in [0.5, 0.6) is 0 Å². The van der Waals surface area contributed by atoms with Crippen molar-refractivity contribution in [2.24, 2.45) is 5.92 Å². The molecule has 0 aliphatic heterocycles. The molecule has 0 aliphatic carbocycles. The number of rotatable bonds is 13. The number of nitrogens with one attached hydrogen (secondary N) is 3. The zero-order chi connectivity index (χ0) is 25.8. The van der Waals surface area contributed by atoms with Crippen LogP contribution >= 0.6 is 0 Å². The third-order valence-corrected chi connectivity index (χ3v) is 4.98. The second-order valence-corrected chi connectivity index (χ2v) is 8.49. The van der Waals surface area contributed by atoms with Crippen molar-refractivity contribution in [3.63, 3.8) is 0 Å². The number of aliphatic carboxylic acids is 2. The van der Waals surface area contributed by atoms with Gasteiger partial charge in [0.1, 0.15) is 12.1 Å². The quantitative estimate of drug-likeness (QED) is 0.270. The van der Waals surface area contributed by atoms with Gasteiger partial charge in [-0.05, 0) is 35.5 Å². The number of amides is 3. The van der Waals surface area contributed by atoms with E-state index in [1.165, 1.54) is 11.6 Å². The fraction of sp³-hybridized carbons (Fsp3) is 0.458. The van der Waals surface area contributed by atoms with Crippen molar-refractivity contribution in [3.8, 4) is 0 Å². The minimum atomic E-state index is -1.40. The monoisotopic (exact) mass is 475 g/mol. The molecule has 186 valence electrons. The zero-order valence-corrected chi connectivity index (χ0v) is 19.8. The molecule has 0 aromatic heterocycles. The Labute approximate surface area is 198 Å². The maximum Gasteiger partial charge on any atom is 0.326 e. The molecule has 0 bridgehead atoms. The summed E-state index contributed by atoms with van der Waals surface area (Å²) in [6, 6.07) is 5.26. The Morgan fingerprint density at radius 3 is 2.06 bits per heavy atom. The highest BCUT2D eigenvalue weighted by atomic mass is 16.4. The predicted octanol–water partition coefficient (Wildman–Crippen LogP) is 1.51. The lowest BCUT2D eigenvalue weighted by Crippen LogP contribution is -2.55. The summed E-state index contributed by atoms with van der Waals surface area (Å²) >= 11 is 0. The average molecular weight is 476 g/mol. The van der Waals surface area contributed by atoms with Crippen LogP contribution < -0.4 is 16.0 Å². The molecule has 0 fully saturated rings. The normalized spacial score (nSPS) is 12.9. The molecular weight excluding hydrogens is 442 g/mol. The number of carbonyl (C=O) groups is 5. The molecule has 0 saturated carbocycles. The largest absolute Gasteiger partial charge is 0.481 e. The van der Waals surface area contributed by atoms with Gasteiger partial charge in [-0.15, -0.1) is 0 Å². The van der Waals surface area contributed by atoms with Crippen molar-refractivity contribution in [1.82, 2.24) is 16.0 Å². The van der Waals surface area contributed by atoms with E-state index >= 15 is 0 Å². The maximum absolute atomic E-state index is 12.5. The molecule has 0 radical (unpaired) electrons. The molecular formula is C24H33N3O7. The summed E-state index contributed by atoms with van der Waals surface area (Å²) in [6.07, 6.45) is 2.18. The van der Waals surface area contributed by atoms with Crippen LogP contribution in [0.3, 0.4) is 0 Å². The first-order chi connectivity index (χ1) is 15.9. The molecule has 10 nitrogen and oxygen atoms in total. The minimum Gasteiger partial charge on any atom is -0.481 e. The number of carbonyl (C=O) groups excluding carboxylic acids is 3. The Bertz CT molecular complexity index is 908. The highest BCUT2D eigenvalue weighted by Gasteiger charge is 2.28. The Morgan fingerprint density at radius 1 is 0.941 bits per heavy atom. The number of hydrogen-bond donors (Lipinski definition) is 5. The van der Waals surface area contributed by atoms with Gasteiger partial charge in [-0.25, -0.2) is 4.79 Å². The molecule has 0 spiro atoms. The van der Waals surface area contributed by atoms with Crippen molar-refractivity contribution in [1.29, 1.82) is 0 Å². The van der Waals surface area contributed by atoms with E-state index in [-0.39, 0.29) is 18.9 Å². The first-order valence-corrected chi connectivity index (χ1v) is 11.0. The van der Waals surface area contributed by atoms with Gasteiger partial charge >= 0.3 is 11.9 Å². The van der Waals surface area contributed by atoms with Gasteiger partial charge in [-0.3, -0.25) is 19.2 Å². The van der Waals surface area contributed by atoms with Crippen molar-refractivity contribution in [2.75, 3.05) is 6.54 Å². The molecule has 0 saturated heterocycles. The highest BCUT2D eigenvalue weighted by Crippen LogP contribution is 2.15. The van der Waals surface area contributed by atoms with Gasteiger partial charge < -0.3 is 26.2 Å². The standard InChI is InChI=1S/C24H33N3O7/c1-14(2)17-8-5-16(6-9-17)7-11-19(28)25-13-20(29)27-22(15(3)4)23(32)26-18(24(33)34)10-12-21(30)31/h5-9,11,14-15,18,22H,10,12-13H2,1-4H3,(H,25,28)(H,26,32)(H,27,29)(H,30,31)(H,33,34)/b11-7+. The van der Waals surface area contributed by atoms with Crippen LogP contribution in [0.25, 0.3) is 6.08 Å². The van der Waals surface area contributed by atoms with Gasteiger partial charge in [0, 0.05) is 12.5 Å². The van der Waals surface area contributed by atoms with Crippen LogP contribution in [-0.4, -0.2) is 58.5 Å². The second kappa shape index (κ2) is 13.8. The highest BCUT2D eigenvalue weighted by molar-refractivity contribution is 5.95. The molecule has 2 atom stereocenters. The molecule has 3 amide bonds. The minimum absolute atomic E-state index is 0.294. The first-order valence-electron chi connectivity index (χ1n) is 11.0. The van der Waals surface area contributed by atoms with Crippen molar-refractivity contribution < 1.29 is 34.2 Å². The smallest absolute Gasteiger partial charge is 0.326 e. The first kappa shape index (κ1) is 28.3. The molecule has 1 aromatic rings. The van der Waals surface area contributed by atoms with Crippen molar-refractivity contribution >= 4 is 35.7 Å². The fourth-order valence-electron chi connectivity index (χ4n) is 2.94. The van der Waals surface area contributed by atoms with Crippen molar-refractivity contribution in [3.05, 3.63) is 41.5 Å². The molecule has 5 N–H and O–H groups in total. The van der Waals surface area contributed by atoms with Gasteiger partial charge in [-0.1, -0.05) is 52.0 Å². The Morgan fingerprint density at radius 2 is 1.56 bits per heavy atom. The third kappa shape index (κ3) is 10.3. The summed E-state index contributed by atoms with van der Waals surface area (Å²) in [5.41, 5.74) is 2.01. The van der Waals surface area contributed by atoms with E-state index in [1.807, 2.05) is 24.3 Å². The van der Waals surface area contributed by atoms with E-state index in [9.17, 15) is 29.1 Å². The predicted molar refractivity (Wildman–Crippen MR) is 126 cm³/mol. The molecule has 10 heteroatoms. The van der Waals surface area contributed by atoms with Crippen molar-refractivity contribution in [2.45, 2.75) is 58.5 Å². The molecule has 1 rings (SSSR count).